The zero-order valence-corrected chi connectivity index (χ0v) is 6.27. The van der Waals surface area contributed by atoms with Crippen LogP contribution >= 0.6 is 0 Å². The van der Waals surface area contributed by atoms with Crippen molar-refractivity contribution in [1.82, 2.24) is 4.98 Å². The van der Waals surface area contributed by atoms with Crippen LogP contribution in [0, 0.1) is 0 Å². The van der Waals surface area contributed by atoms with Gasteiger partial charge in [0.05, 0.1) is 23.6 Å². The number of aliphatic imine (C=N–C) groups is 1. The van der Waals surface area contributed by atoms with E-state index < -0.39 is 0 Å². The molecular formula is C8H7N3O. The first kappa shape index (κ1) is 6.84. The summed E-state index contributed by atoms with van der Waals surface area (Å²) in [5, 5.41) is 0. The number of ether oxygens (including phenoxy) is 1. The predicted octanol–water partition coefficient (Wildman–Crippen LogP) is 0.946. The third-order valence-electron chi connectivity index (χ3n) is 1.50. The molecule has 0 atom stereocenters. The lowest BCUT2D eigenvalue weighted by molar-refractivity contribution is 0.482. The third kappa shape index (κ3) is 1.03. The van der Waals surface area contributed by atoms with Crippen LogP contribution in [0.3, 0.4) is 0 Å². The van der Waals surface area contributed by atoms with Gasteiger partial charge in [-0.15, -0.1) is 0 Å². The van der Waals surface area contributed by atoms with Gasteiger partial charge >= 0.3 is 0 Å². The van der Waals surface area contributed by atoms with Crippen LogP contribution in [0.4, 0.5) is 5.69 Å². The number of aromatic nitrogens is 1. The van der Waals surface area contributed by atoms with E-state index in [9.17, 15) is 0 Å². The number of hydrogen-bond donors (Lipinski definition) is 1. The van der Waals surface area contributed by atoms with Crippen LogP contribution in [-0.2, 0) is 0 Å². The van der Waals surface area contributed by atoms with Gasteiger partial charge in [0.25, 0.3) is 0 Å². The molecule has 0 bridgehead atoms. The minimum Gasteiger partial charge on any atom is -0.460 e. The molecule has 0 unspecified atom stereocenters. The molecule has 0 spiro atoms. The topological polar surface area (TPSA) is 60.5 Å². The van der Waals surface area contributed by atoms with Crippen molar-refractivity contribution in [2.75, 3.05) is 5.73 Å². The van der Waals surface area contributed by atoms with Crippen LogP contribution in [0.15, 0.2) is 29.8 Å². The maximum atomic E-state index is 5.63. The van der Waals surface area contributed by atoms with Gasteiger partial charge in [-0.05, 0) is 0 Å². The molecule has 12 heavy (non-hydrogen) atoms. The first-order valence-corrected chi connectivity index (χ1v) is 3.46. The van der Waals surface area contributed by atoms with Crippen molar-refractivity contribution < 1.29 is 4.74 Å². The minimum absolute atomic E-state index is 0.519. The van der Waals surface area contributed by atoms with Crippen molar-refractivity contribution in [2.24, 2.45) is 4.99 Å². The van der Waals surface area contributed by atoms with E-state index in [2.05, 4.69) is 9.98 Å². The van der Waals surface area contributed by atoms with E-state index in [0.717, 1.165) is 5.56 Å². The highest BCUT2D eigenvalue weighted by atomic mass is 16.5. The fraction of sp³-hybridized carbons (Fsp3) is 0. The van der Waals surface area contributed by atoms with Gasteiger partial charge < -0.3 is 10.5 Å². The highest BCUT2D eigenvalue weighted by Gasteiger charge is 2.06. The zero-order chi connectivity index (χ0) is 8.39. The van der Waals surface area contributed by atoms with E-state index in [1.165, 1.54) is 6.26 Å². The number of nitrogen functional groups attached to an aromatic ring is 1. The van der Waals surface area contributed by atoms with E-state index in [0.29, 0.717) is 11.4 Å². The monoisotopic (exact) mass is 161 g/mol. The van der Waals surface area contributed by atoms with Gasteiger partial charge in [0.2, 0.25) is 0 Å². The molecule has 0 radical (unpaired) electrons. The van der Waals surface area contributed by atoms with E-state index in [4.69, 9.17) is 10.5 Å². The summed E-state index contributed by atoms with van der Waals surface area (Å²) in [5.74, 6) is 0.613. The average molecular weight is 161 g/mol. The number of nitrogens with two attached hydrogens (primary N) is 1. The lowest BCUT2D eigenvalue weighted by Gasteiger charge is -2.04. The molecule has 2 rings (SSSR count). The van der Waals surface area contributed by atoms with Crippen LogP contribution in [0.1, 0.15) is 5.56 Å². The molecule has 1 aliphatic heterocycles. The van der Waals surface area contributed by atoms with Crippen molar-refractivity contribution >= 4 is 11.9 Å². The summed E-state index contributed by atoms with van der Waals surface area (Å²) in [4.78, 5) is 7.84. The summed E-state index contributed by atoms with van der Waals surface area (Å²) in [6, 6.07) is 0. The second-order valence-corrected chi connectivity index (χ2v) is 2.33. The summed E-state index contributed by atoms with van der Waals surface area (Å²) >= 11 is 0. The fourth-order valence-electron chi connectivity index (χ4n) is 0.967. The second-order valence-electron chi connectivity index (χ2n) is 2.33. The maximum absolute atomic E-state index is 5.63. The van der Waals surface area contributed by atoms with Gasteiger partial charge in [0.1, 0.15) is 6.26 Å². The van der Waals surface area contributed by atoms with E-state index in [1.807, 2.05) is 0 Å². The molecule has 4 heteroatoms. The first-order valence-electron chi connectivity index (χ1n) is 3.46. The lowest BCUT2D eigenvalue weighted by Crippen LogP contribution is -1.96. The average Bonchev–Trinajstić information content (AvgIpc) is 2.30. The van der Waals surface area contributed by atoms with E-state index >= 15 is 0 Å². The summed E-state index contributed by atoms with van der Waals surface area (Å²) in [6.07, 6.45) is 7.90. The van der Waals surface area contributed by atoms with Crippen LogP contribution in [-0.4, -0.2) is 11.2 Å². The van der Waals surface area contributed by atoms with Crippen molar-refractivity contribution in [1.29, 1.82) is 0 Å². The molecule has 60 valence electrons. The van der Waals surface area contributed by atoms with Gasteiger partial charge in [-0.3, -0.25) is 9.98 Å². The fourth-order valence-corrected chi connectivity index (χ4v) is 0.967. The Morgan fingerprint density at radius 1 is 1.33 bits per heavy atom. The molecule has 1 aromatic rings. The number of pyridine rings is 1. The number of rotatable bonds is 0. The van der Waals surface area contributed by atoms with Crippen molar-refractivity contribution in [2.45, 2.75) is 0 Å². The highest BCUT2D eigenvalue weighted by Crippen LogP contribution is 2.24. The van der Waals surface area contributed by atoms with Gasteiger partial charge in [-0.2, -0.15) is 0 Å². The molecule has 0 amide bonds. The summed E-state index contributed by atoms with van der Waals surface area (Å²) < 4.78 is 5.21. The molecule has 0 saturated carbocycles. The molecule has 0 aliphatic carbocycles. The first-order chi connectivity index (χ1) is 5.88. The van der Waals surface area contributed by atoms with Crippen LogP contribution in [0.5, 0.6) is 5.75 Å². The Bertz CT molecular complexity index is 357. The second kappa shape index (κ2) is 2.65. The normalized spacial score (nSPS) is 13.3. The Morgan fingerprint density at radius 2 is 2.25 bits per heavy atom. The number of hydrogen-bond acceptors (Lipinski definition) is 4. The van der Waals surface area contributed by atoms with Crippen molar-refractivity contribution in [3.63, 3.8) is 0 Å². The van der Waals surface area contributed by atoms with Crippen molar-refractivity contribution in [3.8, 4) is 5.75 Å². The lowest BCUT2D eigenvalue weighted by atomic mass is 10.2. The molecule has 2 heterocycles. The van der Waals surface area contributed by atoms with Crippen molar-refractivity contribution in [3.05, 3.63) is 30.4 Å². The smallest absolute Gasteiger partial charge is 0.161 e. The number of fused-ring (bicyclic) bond motifs is 1. The molecular weight excluding hydrogens is 154 g/mol. The van der Waals surface area contributed by atoms with Gasteiger partial charge in [0.15, 0.2) is 5.75 Å². The summed E-state index contributed by atoms with van der Waals surface area (Å²) in [5.41, 5.74) is 6.94. The largest absolute Gasteiger partial charge is 0.460 e. The predicted molar refractivity (Wildman–Crippen MR) is 46.0 cm³/mol. The van der Waals surface area contributed by atoms with E-state index in [1.54, 1.807) is 24.8 Å². The molecule has 0 aromatic carbocycles. The third-order valence-corrected chi connectivity index (χ3v) is 1.50. The summed E-state index contributed by atoms with van der Waals surface area (Å²) in [7, 11) is 0. The molecule has 4 nitrogen and oxygen atoms in total. The standard InChI is InChI=1S/C8H7N3O/c9-7-5-11-4-6-3-10-1-2-12-8(6)7/h1-5H,9H2. The van der Waals surface area contributed by atoms with Crippen LogP contribution in [0.2, 0.25) is 0 Å². The van der Waals surface area contributed by atoms with E-state index in [-0.39, 0.29) is 0 Å². The Balaban J connectivity index is 2.59. The molecule has 1 aromatic heterocycles. The van der Waals surface area contributed by atoms with Crippen LogP contribution < -0.4 is 10.5 Å². The van der Waals surface area contributed by atoms with Gasteiger partial charge in [0, 0.05) is 12.4 Å². The Morgan fingerprint density at radius 3 is 3.17 bits per heavy atom. The Kier molecular flexibility index (Phi) is 1.51. The van der Waals surface area contributed by atoms with Gasteiger partial charge in [-0.1, -0.05) is 0 Å². The molecule has 2 N–H and O–H groups in total. The zero-order valence-electron chi connectivity index (χ0n) is 6.27. The molecule has 1 aliphatic rings. The van der Waals surface area contributed by atoms with Gasteiger partial charge in [-0.25, -0.2) is 0 Å². The SMILES string of the molecule is Nc1cncc2c1OC=CN=C2. The Labute approximate surface area is 69.4 Å². The highest BCUT2D eigenvalue weighted by molar-refractivity contribution is 5.86. The molecule has 0 saturated heterocycles. The maximum Gasteiger partial charge on any atom is 0.161 e. The van der Waals surface area contributed by atoms with Crippen LogP contribution in [0.25, 0.3) is 0 Å². The quantitative estimate of drug-likeness (QED) is 0.616. The minimum atomic E-state index is 0.519. The number of anilines is 1. The molecule has 0 fully saturated rings. The number of nitrogens with zero attached hydrogens (tertiary/aromatic N) is 2. The summed E-state index contributed by atoms with van der Waals surface area (Å²) in [6.45, 7) is 0. The Hall–Kier alpha value is -1.84.